The number of halogens is 3. The number of aryl methyl sites for hydroxylation is 2. The van der Waals surface area contributed by atoms with Gasteiger partial charge in [-0.25, -0.2) is 9.78 Å². The molecule has 0 spiro atoms. The molecule has 62 heavy (non-hydrogen) atoms. The summed E-state index contributed by atoms with van der Waals surface area (Å²) in [5.74, 6) is -0.574. The number of para-hydroxylation sites is 1. The first-order valence-electron chi connectivity index (χ1n) is 21.9. The molecule has 5 aromatic rings. The van der Waals surface area contributed by atoms with E-state index in [0.717, 1.165) is 99.0 Å². The molecule has 1 atom stereocenters. The van der Waals surface area contributed by atoms with Gasteiger partial charge in [-0.2, -0.15) is 18.2 Å². The predicted octanol–water partition coefficient (Wildman–Crippen LogP) is 5.73. The van der Waals surface area contributed by atoms with E-state index in [2.05, 4.69) is 65.4 Å². The first kappa shape index (κ1) is 43.5. The van der Waals surface area contributed by atoms with Crippen LogP contribution in [0.1, 0.15) is 81.0 Å². The van der Waals surface area contributed by atoms with Crippen LogP contribution in [-0.2, 0) is 34.3 Å². The molecule has 8 rings (SSSR count). The van der Waals surface area contributed by atoms with Gasteiger partial charge in [0.25, 0.3) is 0 Å². The number of aliphatic hydroxyl groups excluding tert-OH is 1. The van der Waals surface area contributed by atoms with E-state index < -0.39 is 24.5 Å². The second-order valence-corrected chi connectivity index (χ2v) is 17.0. The highest BCUT2D eigenvalue weighted by molar-refractivity contribution is 6.00. The van der Waals surface area contributed by atoms with Crippen LogP contribution in [0.25, 0.3) is 33.2 Å². The van der Waals surface area contributed by atoms with Crippen molar-refractivity contribution in [1.29, 1.82) is 0 Å². The van der Waals surface area contributed by atoms with Crippen LogP contribution >= 0.6 is 0 Å². The number of alkyl halides is 3. The minimum absolute atomic E-state index is 0.131. The second-order valence-electron chi connectivity index (χ2n) is 17.0. The molecule has 17 heteroatoms. The lowest BCUT2D eigenvalue weighted by atomic mass is 9.93. The topological polar surface area (TPSA) is 152 Å². The third-order valence-electron chi connectivity index (χ3n) is 12.7. The molecule has 332 valence electrons. The number of piperidine rings is 1. The molecule has 2 aliphatic heterocycles. The molecule has 3 aliphatic rings. The molecule has 1 aliphatic carbocycles. The van der Waals surface area contributed by atoms with Crippen molar-refractivity contribution in [1.82, 2.24) is 38.8 Å². The number of ether oxygens (including phenoxy) is 1. The Balaban J connectivity index is 0.783. The number of aromatic nitrogens is 5. The number of aliphatic hydroxyl groups is 1. The number of piperazine rings is 1. The molecule has 0 bridgehead atoms. The largest absolute Gasteiger partial charge is 0.393 e. The predicted molar refractivity (Wildman–Crippen MR) is 230 cm³/mol. The molecule has 2 amide bonds. The van der Waals surface area contributed by atoms with E-state index in [1.165, 1.54) is 10.1 Å². The normalized spacial score (nSPS) is 20.6. The lowest BCUT2D eigenvalue weighted by molar-refractivity contribution is -0.136. The molecule has 3 aromatic heterocycles. The van der Waals surface area contributed by atoms with Gasteiger partial charge >= 0.3 is 11.9 Å². The third-order valence-corrected chi connectivity index (χ3v) is 12.7. The van der Waals surface area contributed by atoms with E-state index in [9.17, 15) is 32.7 Å². The van der Waals surface area contributed by atoms with E-state index in [-0.39, 0.29) is 42.7 Å². The number of carbonyl (C=O) groups is 2. The molecule has 2 saturated heterocycles. The van der Waals surface area contributed by atoms with Crippen LogP contribution in [0, 0.1) is 0 Å². The van der Waals surface area contributed by atoms with Crippen LogP contribution in [0.4, 0.5) is 19.1 Å². The Bertz CT molecular complexity index is 2410. The first-order chi connectivity index (χ1) is 29.9. The van der Waals surface area contributed by atoms with Gasteiger partial charge in [-0.15, -0.1) is 0 Å². The van der Waals surface area contributed by atoms with Crippen LogP contribution in [0.3, 0.4) is 0 Å². The Labute approximate surface area is 358 Å². The number of fused-ring (bicyclic) bond motifs is 2. The van der Waals surface area contributed by atoms with Crippen molar-refractivity contribution in [2.75, 3.05) is 57.8 Å². The van der Waals surface area contributed by atoms with Crippen molar-refractivity contribution < 1.29 is 32.6 Å². The number of hydrogen-bond donors (Lipinski definition) is 3. The highest BCUT2D eigenvalue weighted by Crippen LogP contribution is 2.37. The second kappa shape index (κ2) is 19.1. The lowest BCUT2D eigenvalue weighted by Crippen LogP contribution is -2.46. The zero-order valence-electron chi connectivity index (χ0n) is 35.2. The monoisotopic (exact) mass is 859 g/mol. The molecule has 1 saturated carbocycles. The molecule has 0 radical (unpaired) electrons. The minimum Gasteiger partial charge on any atom is -0.393 e. The molecular weight excluding hydrogens is 804 g/mol. The fourth-order valence-electron chi connectivity index (χ4n) is 9.30. The van der Waals surface area contributed by atoms with Crippen LogP contribution in [0.15, 0.2) is 59.7 Å². The van der Waals surface area contributed by atoms with E-state index in [1.807, 2.05) is 18.2 Å². The summed E-state index contributed by atoms with van der Waals surface area (Å²) in [5.41, 5.74) is 6.17. The number of benzene rings is 2. The highest BCUT2D eigenvalue weighted by atomic mass is 19.4. The number of imidazole rings is 1. The summed E-state index contributed by atoms with van der Waals surface area (Å²) in [6, 6.07) is 13.8. The fraction of sp³-hybridized carbons (Fsp3) is 0.533. The van der Waals surface area contributed by atoms with Crippen molar-refractivity contribution in [3.8, 4) is 11.1 Å². The summed E-state index contributed by atoms with van der Waals surface area (Å²) in [6.45, 7) is 6.74. The number of amides is 2. The smallest absolute Gasteiger partial charge is 0.390 e. The molecule has 3 fully saturated rings. The van der Waals surface area contributed by atoms with E-state index >= 15 is 0 Å². The minimum atomic E-state index is -4.27. The van der Waals surface area contributed by atoms with Crippen molar-refractivity contribution in [3.05, 3.63) is 76.5 Å². The van der Waals surface area contributed by atoms with Gasteiger partial charge in [0, 0.05) is 102 Å². The van der Waals surface area contributed by atoms with Gasteiger partial charge in [-0.3, -0.25) is 28.9 Å². The number of imide groups is 1. The van der Waals surface area contributed by atoms with Crippen LogP contribution < -0.4 is 16.3 Å². The average molecular weight is 860 g/mol. The van der Waals surface area contributed by atoms with Gasteiger partial charge in [0.1, 0.15) is 11.7 Å². The highest BCUT2D eigenvalue weighted by Gasteiger charge is 2.32. The van der Waals surface area contributed by atoms with Crippen LogP contribution in [-0.4, -0.2) is 115 Å². The third kappa shape index (κ3) is 10.1. The van der Waals surface area contributed by atoms with Gasteiger partial charge in [0.2, 0.25) is 17.8 Å². The fourth-order valence-corrected chi connectivity index (χ4v) is 9.30. The Kier molecular flexibility index (Phi) is 13.4. The summed E-state index contributed by atoms with van der Waals surface area (Å²) >= 11 is 0. The van der Waals surface area contributed by atoms with Crippen molar-refractivity contribution >= 4 is 39.8 Å². The van der Waals surface area contributed by atoms with Crippen molar-refractivity contribution in [3.63, 3.8) is 0 Å². The van der Waals surface area contributed by atoms with E-state index in [0.29, 0.717) is 43.6 Å². The number of carbonyl (C=O) groups excluding carboxylic acids is 2. The Morgan fingerprint density at radius 2 is 1.68 bits per heavy atom. The summed E-state index contributed by atoms with van der Waals surface area (Å²) in [5, 5.41) is 16.1. The van der Waals surface area contributed by atoms with E-state index in [1.54, 1.807) is 17.8 Å². The lowest BCUT2D eigenvalue weighted by Gasteiger charge is -2.34. The van der Waals surface area contributed by atoms with Crippen LogP contribution in [0.2, 0.25) is 0 Å². The summed E-state index contributed by atoms with van der Waals surface area (Å²) in [4.78, 5) is 51.5. The molecule has 0 unspecified atom stereocenters. The first-order valence-corrected chi connectivity index (χ1v) is 21.9. The Morgan fingerprint density at radius 1 is 0.935 bits per heavy atom. The van der Waals surface area contributed by atoms with Gasteiger partial charge in [0.05, 0.1) is 23.6 Å². The maximum Gasteiger partial charge on any atom is 0.390 e. The Hall–Kier alpha value is -5.10. The van der Waals surface area contributed by atoms with Crippen molar-refractivity contribution in [2.45, 2.75) is 95.1 Å². The number of nitrogens with one attached hydrogen (secondary N) is 2. The zero-order valence-corrected chi connectivity index (χ0v) is 35.2. The number of nitrogens with zero attached hydrogens (tertiary/aromatic N) is 7. The molecular formula is C45H56F3N9O5. The standard InChI is InChI=1S/C45H56F3N9O5/c1-53-40-32(5-2-7-37(40)57(44(53)61)38-16-17-39(59)51-42(38)60)6-3-25-62-26-4-20-54-21-23-55(24-22-54)28-30-8-10-31(11-9-30)36-29-56(33-12-14-34(58)15-13-33)41-35(36)27-50-43(52-41)49-19-18-45(46,47)48/h2,5,7-11,27,29,33-34,38,58H,3-4,6,12-26,28H2,1H3,(H,49,50,52)(H,51,59,60)/t33?,34?,38-/m0/s1. The summed E-state index contributed by atoms with van der Waals surface area (Å²) < 4.78 is 49.6. The molecule has 3 N–H and O–H groups in total. The SMILES string of the molecule is Cn1c(=O)n([C@H]2CCC(=O)NC2=O)c2cccc(CCCOCCCN3CCN(Cc4ccc(-c5cn(C6CCC(O)CC6)c6nc(NCCC(F)(F)F)ncc56)cc4)CC3)c21. The van der Waals surface area contributed by atoms with Gasteiger partial charge < -0.3 is 24.6 Å². The maximum atomic E-state index is 13.2. The maximum absolute atomic E-state index is 13.2. The number of rotatable bonds is 16. The van der Waals surface area contributed by atoms with Gasteiger partial charge in [0.15, 0.2) is 0 Å². The Morgan fingerprint density at radius 3 is 2.42 bits per heavy atom. The average Bonchev–Trinajstić information content (AvgIpc) is 3.75. The summed E-state index contributed by atoms with van der Waals surface area (Å²) in [7, 11) is 1.73. The molecule has 2 aromatic carbocycles. The van der Waals surface area contributed by atoms with Crippen molar-refractivity contribution in [2.24, 2.45) is 7.05 Å². The quantitative estimate of drug-likeness (QED) is 0.0830. The zero-order chi connectivity index (χ0) is 43.4. The van der Waals surface area contributed by atoms with Gasteiger partial charge in [-0.1, -0.05) is 36.4 Å². The van der Waals surface area contributed by atoms with Gasteiger partial charge in [-0.05, 0) is 74.1 Å². The summed E-state index contributed by atoms with van der Waals surface area (Å²) in [6.07, 6.45) is 4.21. The van der Waals surface area contributed by atoms with E-state index in [4.69, 9.17) is 4.74 Å². The molecule has 14 nitrogen and oxygen atoms in total. The number of hydrogen-bond acceptors (Lipinski definition) is 10. The number of anilines is 1. The van der Waals surface area contributed by atoms with Crippen LogP contribution in [0.5, 0.6) is 0 Å². The molecule has 5 heterocycles.